The Kier molecular flexibility index (Phi) is 14.2. The van der Waals surface area contributed by atoms with Crippen LogP contribution in [0.4, 0.5) is 17.6 Å². The lowest BCUT2D eigenvalue weighted by Gasteiger charge is -2.32. The first-order valence-corrected chi connectivity index (χ1v) is 19.3. The van der Waals surface area contributed by atoms with Crippen molar-refractivity contribution in [1.29, 1.82) is 0 Å². The average molecular weight is 671 g/mol. The molecule has 0 N–H and O–H groups in total. The molecule has 6 rings (SSSR count). The van der Waals surface area contributed by atoms with Gasteiger partial charge in [0.2, 0.25) is 11.6 Å². The molecule has 2 nitrogen and oxygen atoms in total. The van der Waals surface area contributed by atoms with Crippen molar-refractivity contribution in [1.82, 2.24) is 0 Å². The van der Waals surface area contributed by atoms with Gasteiger partial charge in [-0.25, -0.2) is 8.78 Å². The van der Waals surface area contributed by atoms with E-state index in [4.69, 9.17) is 9.47 Å². The van der Waals surface area contributed by atoms with E-state index in [1.54, 1.807) is 38.1 Å². The minimum absolute atomic E-state index is 0.00998. The first-order chi connectivity index (χ1) is 23.4. The lowest BCUT2D eigenvalue weighted by atomic mass is 9.74. The Hall–Kier alpha value is -2.50. The predicted octanol–water partition coefficient (Wildman–Crippen LogP) is 12.7. The summed E-state index contributed by atoms with van der Waals surface area (Å²) in [6, 6.07) is 6.37. The minimum Gasteiger partial charge on any atom is -0.491 e. The molecule has 0 bridgehead atoms. The monoisotopic (exact) mass is 670 g/mol. The van der Waals surface area contributed by atoms with Crippen LogP contribution in [0.5, 0.6) is 11.5 Å². The molecule has 4 aliphatic rings. The first-order valence-electron chi connectivity index (χ1n) is 19.3. The van der Waals surface area contributed by atoms with Crippen LogP contribution in [0.1, 0.15) is 134 Å². The zero-order valence-electron chi connectivity index (χ0n) is 29.4. The second-order valence-corrected chi connectivity index (χ2v) is 14.9. The van der Waals surface area contributed by atoms with E-state index in [9.17, 15) is 17.6 Å². The number of allylic oxidation sites excluding steroid dienone is 1. The summed E-state index contributed by atoms with van der Waals surface area (Å²) in [5.41, 5.74) is 0.808. The number of hydrogen-bond acceptors (Lipinski definition) is 2. The Morgan fingerprint density at radius 2 is 1.04 bits per heavy atom. The summed E-state index contributed by atoms with van der Waals surface area (Å²) in [6.07, 6.45) is 27.0. The van der Waals surface area contributed by atoms with Crippen molar-refractivity contribution in [2.45, 2.75) is 129 Å². The van der Waals surface area contributed by atoms with Crippen LogP contribution in [0.2, 0.25) is 0 Å². The number of aryl methyl sites for hydroxylation is 1. The van der Waals surface area contributed by atoms with Crippen molar-refractivity contribution in [2.24, 2.45) is 35.5 Å². The fourth-order valence-corrected chi connectivity index (χ4v) is 9.19. The SMILES string of the molecule is CCOc1ccc(C=CC2CCC(C3CCCC3)CC2)c(F)c1F.CCOc1ccc(CCC2CCC(C3CCCC3)CC2)c(F)c1F. The van der Waals surface area contributed by atoms with Crippen LogP contribution >= 0.6 is 0 Å². The summed E-state index contributed by atoms with van der Waals surface area (Å²) in [7, 11) is 0. The molecule has 0 aliphatic heterocycles. The Balaban J connectivity index is 0.000000188. The standard InChI is InChI=1S/C21H30F2O.C21H28F2O/c2*1-2-24-19-14-13-18(20(22)21(19)23)12-9-15-7-10-17(11-8-15)16-5-3-4-6-16/h13-17H,2-12H2,1H3;9,12-17H,2-8,10-11H2,1H3. The maximum absolute atomic E-state index is 14.2. The molecule has 4 saturated carbocycles. The van der Waals surface area contributed by atoms with Crippen LogP contribution in [0, 0.1) is 58.8 Å². The smallest absolute Gasteiger partial charge is 0.201 e. The predicted molar refractivity (Wildman–Crippen MR) is 187 cm³/mol. The number of halogens is 4. The zero-order chi connectivity index (χ0) is 33.9. The van der Waals surface area contributed by atoms with Gasteiger partial charge in [-0.15, -0.1) is 0 Å². The summed E-state index contributed by atoms with van der Waals surface area (Å²) in [4.78, 5) is 0. The van der Waals surface area contributed by atoms with E-state index in [0.29, 0.717) is 42.6 Å². The molecule has 266 valence electrons. The van der Waals surface area contributed by atoms with E-state index < -0.39 is 23.3 Å². The highest BCUT2D eigenvalue weighted by atomic mass is 19.2. The molecule has 2 aromatic rings. The molecule has 0 unspecified atom stereocenters. The van der Waals surface area contributed by atoms with Gasteiger partial charge in [-0.1, -0.05) is 82.4 Å². The van der Waals surface area contributed by atoms with Crippen molar-refractivity contribution in [2.75, 3.05) is 13.2 Å². The van der Waals surface area contributed by atoms with Crippen molar-refractivity contribution in [3.05, 3.63) is 64.7 Å². The molecule has 0 atom stereocenters. The normalized spacial score (nSPS) is 25.3. The first kappa shape index (κ1) is 36.8. The van der Waals surface area contributed by atoms with Crippen molar-refractivity contribution >= 4 is 6.08 Å². The molecule has 0 aromatic heterocycles. The molecule has 0 saturated heterocycles. The molecule has 2 aromatic carbocycles. The van der Waals surface area contributed by atoms with E-state index in [-0.39, 0.29) is 11.5 Å². The topological polar surface area (TPSA) is 18.5 Å². The van der Waals surface area contributed by atoms with Gasteiger partial charge in [0.05, 0.1) is 13.2 Å². The van der Waals surface area contributed by atoms with Gasteiger partial charge in [0.15, 0.2) is 23.1 Å². The van der Waals surface area contributed by atoms with Gasteiger partial charge >= 0.3 is 0 Å². The summed E-state index contributed by atoms with van der Waals surface area (Å²) >= 11 is 0. The van der Waals surface area contributed by atoms with Crippen LogP contribution in [-0.4, -0.2) is 13.2 Å². The van der Waals surface area contributed by atoms with Gasteiger partial charge in [-0.3, -0.25) is 0 Å². The molecule has 4 aliphatic carbocycles. The number of hydrogen-bond donors (Lipinski definition) is 0. The van der Waals surface area contributed by atoms with Gasteiger partial charge in [0.1, 0.15) is 0 Å². The quantitative estimate of drug-likeness (QED) is 0.222. The molecule has 6 heteroatoms. The van der Waals surface area contributed by atoms with Gasteiger partial charge in [-0.05, 0) is 124 Å². The summed E-state index contributed by atoms with van der Waals surface area (Å²) in [5, 5.41) is 0. The van der Waals surface area contributed by atoms with Gasteiger partial charge in [0, 0.05) is 5.56 Å². The summed E-state index contributed by atoms with van der Waals surface area (Å²) in [5.74, 6) is 1.70. The van der Waals surface area contributed by atoms with E-state index in [1.807, 2.05) is 0 Å². The molecule has 0 heterocycles. The van der Waals surface area contributed by atoms with Crippen LogP contribution in [0.3, 0.4) is 0 Å². The molecular formula is C42H58F4O2. The lowest BCUT2D eigenvalue weighted by molar-refractivity contribution is 0.200. The van der Waals surface area contributed by atoms with Gasteiger partial charge in [0.25, 0.3) is 0 Å². The van der Waals surface area contributed by atoms with Crippen LogP contribution < -0.4 is 9.47 Å². The molecule has 4 fully saturated rings. The molecular weight excluding hydrogens is 612 g/mol. The Morgan fingerprint density at radius 3 is 1.58 bits per heavy atom. The lowest BCUT2D eigenvalue weighted by Crippen LogP contribution is -2.20. The maximum Gasteiger partial charge on any atom is 0.201 e. The van der Waals surface area contributed by atoms with E-state index in [0.717, 1.165) is 30.1 Å². The molecule has 0 spiro atoms. The molecule has 0 amide bonds. The van der Waals surface area contributed by atoms with Crippen molar-refractivity contribution in [3.63, 3.8) is 0 Å². The second-order valence-electron chi connectivity index (χ2n) is 14.9. The third kappa shape index (κ3) is 9.81. The minimum atomic E-state index is -0.885. The fraction of sp³-hybridized carbons (Fsp3) is 0.667. The molecule has 48 heavy (non-hydrogen) atoms. The van der Waals surface area contributed by atoms with Crippen molar-refractivity contribution in [3.8, 4) is 11.5 Å². The Bertz CT molecular complexity index is 1300. The van der Waals surface area contributed by atoms with Crippen LogP contribution in [0.25, 0.3) is 6.08 Å². The number of benzene rings is 2. The Morgan fingerprint density at radius 1 is 0.562 bits per heavy atom. The summed E-state index contributed by atoms with van der Waals surface area (Å²) in [6.45, 7) is 4.20. The highest BCUT2D eigenvalue weighted by molar-refractivity contribution is 5.52. The maximum atomic E-state index is 14.2. The zero-order valence-corrected chi connectivity index (χ0v) is 29.4. The number of rotatable bonds is 11. The van der Waals surface area contributed by atoms with Gasteiger partial charge < -0.3 is 9.47 Å². The van der Waals surface area contributed by atoms with Gasteiger partial charge in [-0.2, -0.15) is 8.78 Å². The third-order valence-corrected chi connectivity index (χ3v) is 12.0. The fourth-order valence-electron chi connectivity index (χ4n) is 9.19. The van der Waals surface area contributed by atoms with E-state index in [2.05, 4.69) is 6.08 Å². The third-order valence-electron chi connectivity index (χ3n) is 12.0. The largest absolute Gasteiger partial charge is 0.491 e. The highest BCUT2D eigenvalue weighted by Gasteiger charge is 2.30. The highest BCUT2D eigenvalue weighted by Crippen LogP contribution is 2.43. The van der Waals surface area contributed by atoms with Crippen LogP contribution in [-0.2, 0) is 6.42 Å². The van der Waals surface area contributed by atoms with Crippen molar-refractivity contribution < 1.29 is 27.0 Å². The van der Waals surface area contributed by atoms with E-state index in [1.165, 1.54) is 109 Å². The van der Waals surface area contributed by atoms with E-state index >= 15 is 0 Å². The number of ether oxygens (including phenoxy) is 2. The Labute approximate surface area is 287 Å². The second kappa shape index (κ2) is 18.5. The molecule has 0 radical (unpaired) electrons. The van der Waals surface area contributed by atoms with Crippen LogP contribution in [0.15, 0.2) is 30.3 Å². The average Bonchev–Trinajstić information content (AvgIpc) is 3.85. The summed E-state index contributed by atoms with van der Waals surface area (Å²) < 4.78 is 66.3.